The SMILES string of the molecule is C(CCOC[C@@H]1CO1)COC[C@@H]1CO1. The maximum atomic E-state index is 5.39. The summed E-state index contributed by atoms with van der Waals surface area (Å²) in [4.78, 5) is 0. The number of hydrogen-bond donors (Lipinski definition) is 0. The smallest absolute Gasteiger partial charge is 0.104 e. The predicted molar refractivity (Wildman–Crippen MR) is 50.4 cm³/mol. The monoisotopic (exact) mass is 202 g/mol. The molecule has 0 aromatic rings. The Morgan fingerprint density at radius 1 is 0.857 bits per heavy atom. The van der Waals surface area contributed by atoms with Gasteiger partial charge in [-0.15, -0.1) is 0 Å². The molecule has 2 rings (SSSR count). The lowest BCUT2D eigenvalue weighted by Gasteiger charge is -2.03. The van der Waals surface area contributed by atoms with Crippen LogP contribution in [0.5, 0.6) is 0 Å². The Morgan fingerprint density at radius 2 is 1.29 bits per heavy atom. The lowest BCUT2D eigenvalue weighted by Crippen LogP contribution is -2.05. The van der Waals surface area contributed by atoms with Crippen LogP contribution in [0.15, 0.2) is 0 Å². The van der Waals surface area contributed by atoms with Crippen LogP contribution in [0.2, 0.25) is 0 Å². The molecule has 14 heavy (non-hydrogen) atoms. The molecule has 2 saturated heterocycles. The van der Waals surface area contributed by atoms with Crippen LogP contribution in [0.4, 0.5) is 0 Å². The average molecular weight is 202 g/mol. The van der Waals surface area contributed by atoms with Gasteiger partial charge in [0.2, 0.25) is 0 Å². The van der Waals surface area contributed by atoms with E-state index in [0.717, 1.165) is 52.5 Å². The third kappa shape index (κ3) is 4.91. The van der Waals surface area contributed by atoms with Gasteiger partial charge >= 0.3 is 0 Å². The van der Waals surface area contributed by atoms with E-state index in [-0.39, 0.29) is 0 Å². The molecule has 0 aromatic carbocycles. The minimum Gasteiger partial charge on any atom is -0.379 e. The predicted octanol–water partition coefficient (Wildman–Crippen LogP) is 0.597. The maximum absolute atomic E-state index is 5.39. The van der Waals surface area contributed by atoms with E-state index >= 15 is 0 Å². The minimum absolute atomic E-state index is 0.387. The summed E-state index contributed by atoms with van der Waals surface area (Å²) in [6.07, 6.45) is 2.91. The standard InChI is InChI=1S/C10H18O4/c1(3-11-5-9-7-13-9)2-4-12-6-10-8-14-10/h9-10H,1-8H2/t9-,10-/m1/s1. The fourth-order valence-electron chi connectivity index (χ4n) is 1.17. The molecule has 0 radical (unpaired) electrons. The van der Waals surface area contributed by atoms with Crippen molar-refractivity contribution in [2.75, 3.05) is 39.6 Å². The highest BCUT2D eigenvalue weighted by atomic mass is 16.6. The highest BCUT2D eigenvalue weighted by Crippen LogP contribution is 2.09. The van der Waals surface area contributed by atoms with Crippen molar-refractivity contribution in [2.24, 2.45) is 0 Å². The average Bonchev–Trinajstić information content (AvgIpc) is 3.00. The van der Waals surface area contributed by atoms with E-state index in [4.69, 9.17) is 18.9 Å². The second kappa shape index (κ2) is 5.66. The normalized spacial score (nSPS) is 29.1. The summed E-state index contributed by atoms with van der Waals surface area (Å²) in [6.45, 7) is 4.93. The first kappa shape index (κ1) is 10.4. The van der Waals surface area contributed by atoms with E-state index in [0.29, 0.717) is 12.2 Å². The van der Waals surface area contributed by atoms with E-state index in [9.17, 15) is 0 Å². The number of rotatable bonds is 9. The molecule has 0 aromatic heterocycles. The summed E-state index contributed by atoms with van der Waals surface area (Å²) in [6, 6.07) is 0. The summed E-state index contributed by atoms with van der Waals surface area (Å²) >= 11 is 0. The lowest BCUT2D eigenvalue weighted by atomic mass is 10.3. The van der Waals surface area contributed by atoms with Gasteiger partial charge in [-0.05, 0) is 12.8 Å². The van der Waals surface area contributed by atoms with Crippen molar-refractivity contribution in [3.8, 4) is 0 Å². The zero-order valence-corrected chi connectivity index (χ0v) is 8.44. The first-order valence-electron chi connectivity index (χ1n) is 5.34. The Kier molecular flexibility index (Phi) is 4.19. The molecule has 2 aliphatic rings. The molecule has 0 aliphatic carbocycles. The third-order valence-electron chi connectivity index (χ3n) is 2.24. The number of ether oxygens (including phenoxy) is 4. The van der Waals surface area contributed by atoms with Crippen LogP contribution in [0.3, 0.4) is 0 Å². The van der Waals surface area contributed by atoms with E-state index < -0.39 is 0 Å². The zero-order chi connectivity index (χ0) is 9.64. The summed E-state index contributed by atoms with van der Waals surface area (Å²) in [5.74, 6) is 0. The van der Waals surface area contributed by atoms with Crippen LogP contribution < -0.4 is 0 Å². The Balaban J connectivity index is 1.25. The van der Waals surface area contributed by atoms with Crippen LogP contribution in [0.1, 0.15) is 12.8 Å². The van der Waals surface area contributed by atoms with Gasteiger partial charge < -0.3 is 18.9 Å². The third-order valence-corrected chi connectivity index (χ3v) is 2.24. The van der Waals surface area contributed by atoms with Crippen molar-refractivity contribution in [2.45, 2.75) is 25.0 Å². The highest BCUT2D eigenvalue weighted by Gasteiger charge is 2.22. The van der Waals surface area contributed by atoms with Gasteiger partial charge in [0.15, 0.2) is 0 Å². The van der Waals surface area contributed by atoms with Crippen molar-refractivity contribution in [3.63, 3.8) is 0 Å². The first-order valence-corrected chi connectivity index (χ1v) is 5.34. The summed E-state index contributed by atoms with van der Waals surface area (Å²) < 4.78 is 20.8. The Hall–Kier alpha value is -0.160. The van der Waals surface area contributed by atoms with E-state index in [1.807, 2.05) is 0 Å². The summed E-state index contributed by atoms with van der Waals surface area (Å²) in [5, 5.41) is 0. The molecular formula is C10H18O4. The van der Waals surface area contributed by atoms with Gasteiger partial charge in [0, 0.05) is 13.2 Å². The molecule has 4 heteroatoms. The molecule has 2 fully saturated rings. The van der Waals surface area contributed by atoms with Crippen molar-refractivity contribution in [1.29, 1.82) is 0 Å². The molecule has 0 saturated carbocycles. The van der Waals surface area contributed by atoms with Crippen molar-refractivity contribution in [3.05, 3.63) is 0 Å². The molecule has 82 valence electrons. The number of hydrogen-bond acceptors (Lipinski definition) is 4. The molecule has 0 bridgehead atoms. The van der Waals surface area contributed by atoms with Gasteiger partial charge in [0.1, 0.15) is 12.2 Å². The minimum atomic E-state index is 0.387. The second-order valence-electron chi connectivity index (χ2n) is 3.77. The van der Waals surface area contributed by atoms with Crippen LogP contribution in [-0.2, 0) is 18.9 Å². The molecule has 2 atom stereocenters. The van der Waals surface area contributed by atoms with Crippen LogP contribution in [0, 0.1) is 0 Å². The largest absolute Gasteiger partial charge is 0.379 e. The molecule has 0 unspecified atom stereocenters. The van der Waals surface area contributed by atoms with Gasteiger partial charge in [-0.3, -0.25) is 0 Å². The summed E-state index contributed by atoms with van der Waals surface area (Å²) in [5.41, 5.74) is 0. The molecule has 2 aliphatic heterocycles. The van der Waals surface area contributed by atoms with Crippen LogP contribution in [0.25, 0.3) is 0 Å². The lowest BCUT2D eigenvalue weighted by molar-refractivity contribution is 0.0885. The van der Waals surface area contributed by atoms with Crippen molar-refractivity contribution < 1.29 is 18.9 Å². The van der Waals surface area contributed by atoms with Gasteiger partial charge in [0.25, 0.3) is 0 Å². The summed E-state index contributed by atoms with van der Waals surface area (Å²) in [7, 11) is 0. The molecule has 0 amide bonds. The topological polar surface area (TPSA) is 43.5 Å². The van der Waals surface area contributed by atoms with Gasteiger partial charge in [0.05, 0.1) is 26.4 Å². The molecule has 0 N–H and O–H groups in total. The van der Waals surface area contributed by atoms with Crippen LogP contribution in [-0.4, -0.2) is 51.8 Å². The van der Waals surface area contributed by atoms with E-state index in [1.54, 1.807) is 0 Å². The van der Waals surface area contributed by atoms with Gasteiger partial charge in [-0.1, -0.05) is 0 Å². The Bertz CT molecular complexity index is 136. The highest BCUT2D eigenvalue weighted by molar-refractivity contribution is 4.67. The number of epoxide rings is 2. The Morgan fingerprint density at radius 3 is 1.64 bits per heavy atom. The zero-order valence-electron chi connectivity index (χ0n) is 8.44. The molecule has 0 spiro atoms. The van der Waals surface area contributed by atoms with Crippen LogP contribution >= 0.6 is 0 Å². The quantitative estimate of drug-likeness (QED) is 0.405. The van der Waals surface area contributed by atoms with Crippen molar-refractivity contribution in [1.82, 2.24) is 0 Å². The maximum Gasteiger partial charge on any atom is 0.104 e. The van der Waals surface area contributed by atoms with Crippen molar-refractivity contribution >= 4 is 0 Å². The van der Waals surface area contributed by atoms with Gasteiger partial charge in [-0.25, -0.2) is 0 Å². The van der Waals surface area contributed by atoms with E-state index in [2.05, 4.69) is 0 Å². The fraction of sp³-hybridized carbons (Fsp3) is 1.00. The second-order valence-corrected chi connectivity index (χ2v) is 3.77. The fourth-order valence-corrected chi connectivity index (χ4v) is 1.17. The van der Waals surface area contributed by atoms with E-state index in [1.165, 1.54) is 0 Å². The van der Waals surface area contributed by atoms with Gasteiger partial charge in [-0.2, -0.15) is 0 Å². The Labute approximate surface area is 84.5 Å². The molecule has 2 heterocycles. The number of unbranched alkanes of at least 4 members (excludes halogenated alkanes) is 1. The first-order chi connectivity index (χ1) is 6.95. The molecule has 4 nitrogen and oxygen atoms in total. The molecular weight excluding hydrogens is 184 g/mol.